The van der Waals surface area contributed by atoms with E-state index in [1.807, 2.05) is 13.2 Å². The predicted octanol–water partition coefficient (Wildman–Crippen LogP) is 3.39. The Hall–Kier alpha value is -1.41. The average Bonchev–Trinajstić information content (AvgIpc) is 2.28. The summed E-state index contributed by atoms with van der Waals surface area (Å²) in [5.74, 6) is 0.532. The number of nitrogens with zero attached hydrogens (tertiary/aromatic N) is 1. The van der Waals surface area contributed by atoms with Crippen LogP contribution in [0.2, 0.25) is 0 Å². The molecule has 17 heavy (non-hydrogen) atoms. The summed E-state index contributed by atoms with van der Waals surface area (Å²) in [6.45, 7) is 7.48. The lowest BCUT2D eigenvalue weighted by Gasteiger charge is -2.13. The van der Waals surface area contributed by atoms with Crippen molar-refractivity contribution >= 4 is 10.9 Å². The maximum Gasteiger partial charge on any atom is 0.0749 e. The highest BCUT2D eigenvalue weighted by molar-refractivity contribution is 5.86. The van der Waals surface area contributed by atoms with E-state index >= 15 is 0 Å². The molecule has 0 atom stereocenters. The Morgan fingerprint density at radius 1 is 1.29 bits per heavy atom. The molecule has 1 N–H and O–H groups in total. The topological polar surface area (TPSA) is 24.9 Å². The molecule has 0 aliphatic rings. The van der Waals surface area contributed by atoms with Gasteiger partial charge in [-0.25, -0.2) is 0 Å². The second-order valence-electron chi connectivity index (χ2n) is 4.91. The summed E-state index contributed by atoms with van der Waals surface area (Å²) in [6, 6.07) is 6.60. The van der Waals surface area contributed by atoms with E-state index in [1.54, 1.807) is 0 Å². The normalized spacial score (nSPS) is 11.4. The van der Waals surface area contributed by atoms with Gasteiger partial charge in [0.1, 0.15) is 0 Å². The highest BCUT2D eigenvalue weighted by Gasteiger charge is 2.09. The Morgan fingerprint density at radius 2 is 2.06 bits per heavy atom. The number of hydrogen-bond acceptors (Lipinski definition) is 2. The number of aromatic nitrogens is 1. The van der Waals surface area contributed by atoms with Crippen LogP contribution < -0.4 is 5.32 Å². The molecule has 2 aromatic rings. The Balaban J connectivity index is 2.73. The summed E-state index contributed by atoms with van der Waals surface area (Å²) in [7, 11) is 1.97. The Kier molecular flexibility index (Phi) is 3.43. The summed E-state index contributed by atoms with van der Waals surface area (Å²) in [4.78, 5) is 4.54. The van der Waals surface area contributed by atoms with Gasteiger partial charge in [-0.3, -0.25) is 4.98 Å². The fourth-order valence-corrected chi connectivity index (χ4v) is 2.34. The van der Waals surface area contributed by atoms with Gasteiger partial charge in [0.05, 0.1) is 5.52 Å². The van der Waals surface area contributed by atoms with Crippen molar-refractivity contribution in [1.82, 2.24) is 10.3 Å². The third kappa shape index (κ3) is 2.32. The molecule has 0 aliphatic carbocycles. The van der Waals surface area contributed by atoms with Crippen LogP contribution in [0, 0.1) is 6.92 Å². The number of nitrogens with one attached hydrogen (secondary N) is 1. The standard InChI is InChI=1S/C15H20N2/c1-10(2)13-5-6-17-15-12(9-16-4)7-11(3)8-14(13)15/h5-8,10,16H,9H2,1-4H3. The SMILES string of the molecule is CNCc1cc(C)cc2c(C(C)C)ccnc12. The molecule has 0 aliphatic heterocycles. The third-order valence-corrected chi connectivity index (χ3v) is 3.09. The summed E-state index contributed by atoms with van der Waals surface area (Å²) < 4.78 is 0. The lowest BCUT2D eigenvalue weighted by atomic mass is 9.96. The van der Waals surface area contributed by atoms with Crippen LogP contribution in [0.15, 0.2) is 24.4 Å². The number of pyridine rings is 1. The van der Waals surface area contributed by atoms with Crippen molar-refractivity contribution in [3.05, 3.63) is 41.1 Å². The summed E-state index contributed by atoms with van der Waals surface area (Å²) in [5.41, 5.74) is 5.11. The van der Waals surface area contributed by atoms with Gasteiger partial charge in [0.2, 0.25) is 0 Å². The second-order valence-corrected chi connectivity index (χ2v) is 4.91. The molecule has 0 radical (unpaired) electrons. The zero-order chi connectivity index (χ0) is 12.4. The first-order valence-corrected chi connectivity index (χ1v) is 6.16. The largest absolute Gasteiger partial charge is 0.316 e. The van der Waals surface area contributed by atoms with E-state index in [-0.39, 0.29) is 0 Å². The van der Waals surface area contributed by atoms with E-state index in [4.69, 9.17) is 0 Å². The number of aryl methyl sites for hydroxylation is 1. The van der Waals surface area contributed by atoms with Crippen LogP contribution in [0.3, 0.4) is 0 Å². The van der Waals surface area contributed by atoms with Gasteiger partial charge in [0.25, 0.3) is 0 Å². The van der Waals surface area contributed by atoms with E-state index in [2.05, 4.69) is 49.3 Å². The van der Waals surface area contributed by atoms with E-state index in [1.165, 1.54) is 22.1 Å². The van der Waals surface area contributed by atoms with Crippen molar-refractivity contribution in [3.63, 3.8) is 0 Å². The van der Waals surface area contributed by atoms with Gasteiger partial charge in [-0.05, 0) is 43.1 Å². The molecule has 0 unspecified atom stereocenters. The highest BCUT2D eigenvalue weighted by atomic mass is 14.8. The van der Waals surface area contributed by atoms with Crippen molar-refractivity contribution in [1.29, 1.82) is 0 Å². The number of fused-ring (bicyclic) bond motifs is 1. The van der Waals surface area contributed by atoms with Crippen molar-refractivity contribution in [2.45, 2.75) is 33.2 Å². The quantitative estimate of drug-likeness (QED) is 0.871. The van der Waals surface area contributed by atoms with Gasteiger partial charge in [0, 0.05) is 18.1 Å². The molecule has 0 bridgehead atoms. The van der Waals surface area contributed by atoms with Crippen molar-refractivity contribution in [2.75, 3.05) is 7.05 Å². The molecule has 1 aromatic carbocycles. The second kappa shape index (κ2) is 4.84. The Labute approximate surface area is 103 Å². The minimum Gasteiger partial charge on any atom is -0.316 e. The van der Waals surface area contributed by atoms with Crippen LogP contribution in [0.4, 0.5) is 0 Å². The van der Waals surface area contributed by atoms with E-state index in [0.717, 1.165) is 12.1 Å². The third-order valence-electron chi connectivity index (χ3n) is 3.09. The Morgan fingerprint density at radius 3 is 2.71 bits per heavy atom. The van der Waals surface area contributed by atoms with Crippen LogP contribution >= 0.6 is 0 Å². The van der Waals surface area contributed by atoms with E-state index in [0.29, 0.717) is 5.92 Å². The van der Waals surface area contributed by atoms with Gasteiger partial charge >= 0.3 is 0 Å². The predicted molar refractivity (Wildman–Crippen MR) is 73.3 cm³/mol. The lowest BCUT2D eigenvalue weighted by molar-refractivity contribution is 0.819. The number of rotatable bonds is 3. The molecule has 2 nitrogen and oxygen atoms in total. The summed E-state index contributed by atoms with van der Waals surface area (Å²) in [5, 5.41) is 4.51. The van der Waals surface area contributed by atoms with Crippen molar-refractivity contribution in [3.8, 4) is 0 Å². The van der Waals surface area contributed by atoms with Crippen molar-refractivity contribution < 1.29 is 0 Å². The van der Waals surface area contributed by atoms with Crippen LogP contribution in [0.5, 0.6) is 0 Å². The monoisotopic (exact) mass is 228 g/mol. The van der Waals surface area contributed by atoms with Crippen LogP contribution in [-0.4, -0.2) is 12.0 Å². The molecule has 0 fully saturated rings. The lowest BCUT2D eigenvalue weighted by Crippen LogP contribution is -2.07. The average molecular weight is 228 g/mol. The molecule has 2 rings (SSSR count). The smallest absolute Gasteiger partial charge is 0.0749 e. The van der Waals surface area contributed by atoms with Crippen LogP contribution in [0.25, 0.3) is 10.9 Å². The molecule has 2 heteroatoms. The van der Waals surface area contributed by atoms with Crippen LogP contribution in [-0.2, 0) is 6.54 Å². The molecule has 90 valence electrons. The number of hydrogen-bond donors (Lipinski definition) is 1. The van der Waals surface area contributed by atoms with Gasteiger partial charge in [0.15, 0.2) is 0 Å². The zero-order valence-corrected chi connectivity index (χ0v) is 11.0. The maximum atomic E-state index is 4.54. The van der Waals surface area contributed by atoms with Crippen molar-refractivity contribution in [2.24, 2.45) is 0 Å². The minimum absolute atomic E-state index is 0.532. The van der Waals surface area contributed by atoms with Gasteiger partial charge < -0.3 is 5.32 Å². The molecule has 0 saturated heterocycles. The fourth-order valence-electron chi connectivity index (χ4n) is 2.34. The molecule has 1 aromatic heterocycles. The van der Waals surface area contributed by atoms with Gasteiger partial charge in [-0.2, -0.15) is 0 Å². The van der Waals surface area contributed by atoms with E-state index in [9.17, 15) is 0 Å². The molecular weight excluding hydrogens is 208 g/mol. The first-order valence-electron chi connectivity index (χ1n) is 6.16. The molecule has 0 amide bonds. The molecule has 0 spiro atoms. The minimum atomic E-state index is 0.532. The Bertz CT molecular complexity index is 530. The number of benzene rings is 1. The van der Waals surface area contributed by atoms with Gasteiger partial charge in [-0.15, -0.1) is 0 Å². The van der Waals surface area contributed by atoms with Crippen LogP contribution in [0.1, 0.15) is 36.5 Å². The molecular formula is C15H20N2. The fraction of sp³-hybridized carbons (Fsp3) is 0.400. The first-order chi connectivity index (χ1) is 8.13. The summed E-state index contributed by atoms with van der Waals surface area (Å²) in [6.07, 6.45) is 1.92. The molecule has 1 heterocycles. The molecule has 0 saturated carbocycles. The van der Waals surface area contributed by atoms with E-state index < -0.39 is 0 Å². The first kappa shape index (κ1) is 12.1. The maximum absolute atomic E-state index is 4.54. The highest BCUT2D eigenvalue weighted by Crippen LogP contribution is 2.27. The zero-order valence-electron chi connectivity index (χ0n) is 11.0. The van der Waals surface area contributed by atoms with Gasteiger partial charge in [-0.1, -0.05) is 25.5 Å². The summed E-state index contributed by atoms with van der Waals surface area (Å²) >= 11 is 0.